The van der Waals surface area contributed by atoms with Gasteiger partial charge in [-0.15, -0.1) is 14.5 Å². The smallest absolute Gasteiger partial charge is 0.132 e. The molecule has 0 aliphatic carbocycles. The molecule has 0 aliphatic rings. The SMILES string of the molecule is CCCCCCCCCCCCCCCC(CCCC)(CCCC)[N+](OCC)(OCC)OCC. The summed E-state index contributed by atoms with van der Waals surface area (Å²) in [5, 5.41) is 0. The Morgan fingerprint density at radius 1 is 0.382 bits per heavy atom. The van der Waals surface area contributed by atoms with Gasteiger partial charge in [-0.3, -0.25) is 0 Å². The fraction of sp³-hybridized carbons (Fsp3) is 1.00. The number of hydrogen-bond donors (Lipinski definition) is 0. The fourth-order valence-corrected chi connectivity index (χ4v) is 5.30. The molecule has 4 heteroatoms. The van der Waals surface area contributed by atoms with Gasteiger partial charge in [0.2, 0.25) is 0 Å². The Morgan fingerprint density at radius 3 is 1.00 bits per heavy atom. The maximum absolute atomic E-state index is 6.33. The van der Waals surface area contributed by atoms with Gasteiger partial charge in [-0.2, -0.15) is 0 Å². The molecular weight excluding hydrogens is 422 g/mol. The van der Waals surface area contributed by atoms with E-state index in [9.17, 15) is 0 Å². The minimum atomic E-state index is -0.119. The monoisotopic (exact) mass is 486 g/mol. The van der Waals surface area contributed by atoms with Crippen molar-refractivity contribution in [2.45, 2.75) is 175 Å². The Kier molecular flexibility index (Phi) is 23.1. The zero-order valence-electron chi connectivity index (χ0n) is 24.4. The van der Waals surface area contributed by atoms with Crippen molar-refractivity contribution in [3.63, 3.8) is 0 Å². The third-order valence-corrected chi connectivity index (χ3v) is 7.22. The van der Waals surface area contributed by atoms with Crippen LogP contribution in [0.25, 0.3) is 0 Å². The second-order valence-corrected chi connectivity index (χ2v) is 10.2. The van der Waals surface area contributed by atoms with Crippen LogP contribution in [0.5, 0.6) is 0 Å². The average molecular weight is 487 g/mol. The molecule has 0 N–H and O–H groups in total. The molecule has 0 fully saturated rings. The number of hydrogen-bond acceptors (Lipinski definition) is 3. The number of unbranched alkanes of at least 4 members (excludes halogenated alkanes) is 14. The van der Waals surface area contributed by atoms with E-state index in [4.69, 9.17) is 14.5 Å². The lowest BCUT2D eigenvalue weighted by Crippen LogP contribution is -2.64. The molecule has 0 radical (unpaired) electrons. The van der Waals surface area contributed by atoms with Gasteiger partial charge in [-0.1, -0.05) is 111 Å². The standard InChI is InChI=1S/C30H64NO3/c1-7-13-16-17-18-19-20-21-22-23-24-25-26-29-30(27-14-8-2,28-15-9-3)31(32-10-4,33-11-5)34-12-6/h7-29H2,1-6H3/q+1. The minimum Gasteiger partial charge on any atom is -0.132 e. The van der Waals surface area contributed by atoms with Crippen molar-refractivity contribution in [2.75, 3.05) is 19.8 Å². The lowest BCUT2D eigenvalue weighted by atomic mass is 9.82. The predicted molar refractivity (Wildman–Crippen MR) is 147 cm³/mol. The van der Waals surface area contributed by atoms with E-state index in [1.165, 1.54) is 109 Å². The van der Waals surface area contributed by atoms with Crippen LogP contribution in [0.15, 0.2) is 0 Å². The van der Waals surface area contributed by atoms with Gasteiger partial charge in [-0.25, -0.2) is 0 Å². The van der Waals surface area contributed by atoms with E-state index in [-0.39, 0.29) is 10.5 Å². The van der Waals surface area contributed by atoms with Crippen molar-refractivity contribution < 1.29 is 19.5 Å². The van der Waals surface area contributed by atoms with Crippen molar-refractivity contribution in [1.29, 1.82) is 0 Å². The van der Waals surface area contributed by atoms with Crippen molar-refractivity contribution in [3.05, 3.63) is 0 Å². The second kappa shape index (κ2) is 23.3. The zero-order valence-corrected chi connectivity index (χ0v) is 24.4. The van der Waals surface area contributed by atoms with Crippen LogP contribution in [0.3, 0.4) is 0 Å². The second-order valence-electron chi connectivity index (χ2n) is 10.2. The van der Waals surface area contributed by atoms with Gasteiger partial charge in [0.15, 0.2) is 5.54 Å². The molecule has 0 aliphatic heterocycles. The third-order valence-electron chi connectivity index (χ3n) is 7.22. The summed E-state index contributed by atoms with van der Waals surface area (Å²) in [5.41, 5.74) is -0.119. The molecule has 0 rings (SSSR count). The highest BCUT2D eigenvalue weighted by Crippen LogP contribution is 2.41. The molecule has 0 spiro atoms. The summed E-state index contributed by atoms with van der Waals surface area (Å²) in [6.07, 6.45) is 26.1. The van der Waals surface area contributed by atoms with Crippen molar-refractivity contribution in [3.8, 4) is 0 Å². The van der Waals surface area contributed by atoms with Crippen LogP contribution in [-0.2, 0) is 14.5 Å². The molecule has 206 valence electrons. The molecule has 0 aromatic rings. The minimum absolute atomic E-state index is 0.0608. The molecule has 0 aromatic carbocycles. The molecule has 34 heavy (non-hydrogen) atoms. The molecule has 4 nitrogen and oxygen atoms in total. The Balaban J connectivity index is 4.76. The van der Waals surface area contributed by atoms with Gasteiger partial charge >= 0.3 is 0 Å². The molecule has 0 saturated carbocycles. The Hall–Kier alpha value is -0.160. The average Bonchev–Trinajstić information content (AvgIpc) is 2.83. The number of rotatable bonds is 27. The number of quaternary nitrogens is 1. The summed E-state index contributed by atoms with van der Waals surface area (Å²) in [5.74, 6) is 0. The van der Waals surface area contributed by atoms with E-state index in [1.807, 2.05) is 0 Å². The topological polar surface area (TPSA) is 27.7 Å². The van der Waals surface area contributed by atoms with Crippen molar-refractivity contribution >= 4 is 0 Å². The first-order chi connectivity index (χ1) is 16.6. The van der Waals surface area contributed by atoms with E-state index in [0.29, 0.717) is 19.8 Å². The van der Waals surface area contributed by atoms with Gasteiger partial charge in [0.1, 0.15) is 24.8 Å². The number of hydroxylamine groups is 3. The van der Waals surface area contributed by atoms with Crippen LogP contribution in [0.1, 0.15) is 170 Å². The van der Waals surface area contributed by atoms with Gasteiger partial charge < -0.3 is 0 Å². The molecule has 0 heterocycles. The van der Waals surface area contributed by atoms with Gasteiger partial charge in [0.05, 0.1) is 0 Å². The number of nitrogens with zero attached hydrogens (tertiary/aromatic N) is 1. The predicted octanol–water partition coefficient (Wildman–Crippen LogP) is 10.3. The van der Waals surface area contributed by atoms with E-state index in [1.54, 1.807) is 0 Å². The lowest BCUT2D eigenvalue weighted by Gasteiger charge is -2.44. The van der Waals surface area contributed by atoms with Gasteiger partial charge in [0, 0.05) is 19.3 Å². The summed E-state index contributed by atoms with van der Waals surface area (Å²) in [6, 6.07) is 0. The maximum atomic E-state index is 6.33. The lowest BCUT2D eigenvalue weighted by molar-refractivity contribution is -1.39. The van der Waals surface area contributed by atoms with Crippen molar-refractivity contribution in [2.24, 2.45) is 0 Å². The van der Waals surface area contributed by atoms with E-state index in [2.05, 4.69) is 41.5 Å². The molecule has 0 aromatic heterocycles. The Morgan fingerprint density at radius 2 is 0.676 bits per heavy atom. The molecule has 0 saturated heterocycles. The van der Waals surface area contributed by atoms with Crippen molar-refractivity contribution in [1.82, 2.24) is 0 Å². The molecule has 0 atom stereocenters. The first-order valence-corrected chi connectivity index (χ1v) is 15.4. The summed E-state index contributed by atoms with van der Waals surface area (Å²) < 4.78 is 0. The summed E-state index contributed by atoms with van der Waals surface area (Å²) in [4.78, 5) is 18.9. The van der Waals surface area contributed by atoms with Crippen LogP contribution >= 0.6 is 0 Å². The highest BCUT2D eigenvalue weighted by Gasteiger charge is 2.57. The van der Waals surface area contributed by atoms with Gasteiger partial charge in [0.25, 0.3) is 0 Å². The summed E-state index contributed by atoms with van der Waals surface area (Å²) in [6.45, 7) is 14.8. The Labute approximate surface area is 214 Å². The Bertz CT molecular complexity index is 391. The normalized spacial score (nSPS) is 12.5. The molecular formula is C30H64NO3+. The largest absolute Gasteiger partial charge is 0.197 e. The highest BCUT2D eigenvalue weighted by atomic mass is 17.2. The zero-order chi connectivity index (χ0) is 25.4. The highest BCUT2D eigenvalue weighted by molar-refractivity contribution is 4.79. The molecule has 0 amide bonds. The third kappa shape index (κ3) is 13.8. The summed E-state index contributed by atoms with van der Waals surface area (Å²) >= 11 is 0. The fourth-order valence-electron chi connectivity index (χ4n) is 5.30. The van der Waals surface area contributed by atoms with E-state index >= 15 is 0 Å². The molecule has 0 unspecified atom stereocenters. The van der Waals surface area contributed by atoms with Crippen LogP contribution in [0.4, 0.5) is 0 Å². The summed E-state index contributed by atoms with van der Waals surface area (Å²) in [7, 11) is 0. The van der Waals surface area contributed by atoms with Gasteiger partial charge in [-0.05, 0) is 40.0 Å². The first kappa shape index (κ1) is 33.8. The quantitative estimate of drug-likeness (QED) is 0.0656. The van der Waals surface area contributed by atoms with Crippen LogP contribution in [-0.4, -0.2) is 30.3 Å². The van der Waals surface area contributed by atoms with Crippen LogP contribution in [0, 0.1) is 0 Å². The van der Waals surface area contributed by atoms with E-state index < -0.39 is 0 Å². The first-order valence-electron chi connectivity index (χ1n) is 15.4. The van der Waals surface area contributed by atoms with Crippen LogP contribution in [0.2, 0.25) is 0 Å². The maximum Gasteiger partial charge on any atom is 0.197 e. The van der Waals surface area contributed by atoms with Crippen LogP contribution < -0.4 is 0 Å². The molecule has 0 bridgehead atoms. The van der Waals surface area contributed by atoms with E-state index in [0.717, 1.165) is 19.3 Å².